The Morgan fingerprint density at radius 3 is 2.75 bits per heavy atom. The lowest BCUT2D eigenvalue weighted by Crippen LogP contribution is -2.53. The summed E-state index contributed by atoms with van der Waals surface area (Å²) in [6.45, 7) is 2.27. The lowest BCUT2D eigenvalue weighted by atomic mass is 9.98. The highest BCUT2D eigenvalue weighted by atomic mass is 35.5. The normalized spacial score (nSPS) is 21.2. The molecule has 1 fully saturated rings. The van der Waals surface area contributed by atoms with Crippen LogP contribution in [0.25, 0.3) is 0 Å². The van der Waals surface area contributed by atoms with Crippen LogP contribution < -0.4 is 10.6 Å². The number of halogens is 1. The van der Waals surface area contributed by atoms with Crippen LogP contribution in [0.3, 0.4) is 0 Å². The third kappa shape index (κ3) is 4.78. The van der Waals surface area contributed by atoms with Crippen molar-refractivity contribution in [3.8, 4) is 0 Å². The molecular formula is C15H23ClN2O2. The Hall–Kier alpha value is -1.10. The summed E-state index contributed by atoms with van der Waals surface area (Å²) in [5.74, 6) is 0.0652. The minimum absolute atomic E-state index is 0. The number of ether oxygens (including phenoxy) is 1. The topological polar surface area (TPSA) is 50.4 Å². The fourth-order valence-electron chi connectivity index (χ4n) is 2.58. The van der Waals surface area contributed by atoms with Crippen LogP contribution in [0.15, 0.2) is 30.3 Å². The van der Waals surface area contributed by atoms with Crippen LogP contribution in [-0.2, 0) is 16.0 Å². The van der Waals surface area contributed by atoms with Crippen molar-refractivity contribution < 1.29 is 9.53 Å². The first-order valence-electron chi connectivity index (χ1n) is 6.79. The highest BCUT2D eigenvalue weighted by Gasteiger charge is 2.33. The maximum Gasteiger partial charge on any atom is 0.224 e. The minimum atomic E-state index is -0.0822. The first-order valence-corrected chi connectivity index (χ1v) is 6.79. The molecule has 1 aliphatic heterocycles. The summed E-state index contributed by atoms with van der Waals surface area (Å²) in [6.07, 6.45) is 2.62. The Morgan fingerprint density at radius 1 is 1.40 bits per heavy atom. The SMILES string of the molecule is COCC1(CNC(=O)Cc2ccccc2)CCCN1.Cl. The van der Waals surface area contributed by atoms with Crippen molar-refractivity contribution in [3.05, 3.63) is 35.9 Å². The summed E-state index contributed by atoms with van der Waals surface area (Å²) in [5.41, 5.74) is 0.960. The molecule has 1 atom stereocenters. The number of amides is 1. The van der Waals surface area contributed by atoms with Gasteiger partial charge in [0.2, 0.25) is 5.91 Å². The molecular weight excluding hydrogens is 276 g/mol. The highest BCUT2D eigenvalue weighted by Crippen LogP contribution is 2.18. The number of benzene rings is 1. The summed E-state index contributed by atoms with van der Waals surface area (Å²) in [5, 5.41) is 6.47. The average molecular weight is 299 g/mol. The van der Waals surface area contributed by atoms with Crippen LogP contribution in [0.4, 0.5) is 0 Å². The Labute approximate surface area is 126 Å². The van der Waals surface area contributed by atoms with E-state index in [2.05, 4.69) is 10.6 Å². The second kappa shape index (κ2) is 8.25. The first-order chi connectivity index (χ1) is 9.24. The van der Waals surface area contributed by atoms with Crippen LogP contribution >= 0.6 is 12.4 Å². The molecule has 0 aromatic heterocycles. The molecule has 0 spiro atoms. The third-order valence-corrected chi connectivity index (χ3v) is 3.58. The van der Waals surface area contributed by atoms with E-state index < -0.39 is 0 Å². The van der Waals surface area contributed by atoms with Gasteiger partial charge in [0.15, 0.2) is 0 Å². The predicted molar refractivity (Wildman–Crippen MR) is 82.2 cm³/mol. The van der Waals surface area contributed by atoms with Gasteiger partial charge in [0.1, 0.15) is 0 Å². The second-order valence-electron chi connectivity index (χ2n) is 5.18. The summed E-state index contributed by atoms with van der Waals surface area (Å²) in [4.78, 5) is 11.9. The number of hydrogen-bond donors (Lipinski definition) is 2. The monoisotopic (exact) mass is 298 g/mol. The summed E-state index contributed by atoms with van der Waals surface area (Å²) in [6, 6.07) is 9.80. The molecule has 20 heavy (non-hydrogen) atoms. The molecule has 2 N–H and O–H groups in total. The van der Waals surface area contributed by atoms with E-state index in [0.29, 0.717) is 19.6 Å². The maximum absolute atomic E-state index is 11.9. The molecule has 0 bridgehead atoms. The molecule has 1 aromatic carbocycles. The Kier molecular flexibility index (Phi) is 6.99. The van der Waals surface area contributed by atoms with Crippen molar-refractivity contribution in [2.45, 2.75) is 24.8 Å². The molecule has 1 amide bonds. The Balaban J connectivity index is 0.00000200. The van der Waals surface area contributed by atoms with Crippen LogP contribution in [0, 0.1) is 0 Å². The van der Waals surface area contributed by atoms with Crippen LogP contribution in [0.1, 0.15) is 18.4 Å². The quantitative estimate of drug-likeness (QED) is 0.837. The van der Waals surface area contributed by atoms with Crippen LogP contribution in [-0.4, -0.2) is 38.3 Å². The van der Waals surface area contributed by atoms with Gasteiger partial charge < -0.3 is 15.4 Å². The standard InChI is InChI=1S/C15H22N2O2.ClH/c1-19-12-15(8-5-9-17-15)11-16-14(18)10-13-6-3-2-4-7-13;/h2-4,6-7,17H,5,8-12H2,1H3,(H,16,18);1H. The van der Waals surface area contributed by atoms with Crippen molar-refractivity contribution >= 4 is 18.3 Å². The van der Waals surface area contributed by atoms with Gasteiger partial charge >= 0.3 is 0 Å². The number of carbonyl (C=O) groups is 1. The van der Waals surface area contributed by atoms with E-state index in [1.807, 2.05) is 30.3 Å². The summed E-state index contributed by atoms with van der Waals surface area (Å²) >= 11 is 0. The molecule has 1 aromatic rings. The molecule has 0 aliphatic carbocycles. The number of hydrogen-bond acceptors (Lipinski definition) is 3. The zero-order chi connectivity index (χ0) is 13.6. The summed E-state index contributed by atoms with van der Waals surface area (Å²) < 4.78 is 5.27. The van der Waals surface area contributed by atoms with Crippen molar-refractivity contribution in [1.29, 1.82) is 0 Å². The van der Waals surface area contributed by atoms with E-state index in [0.717, 1.165) is 24.9 Å². The van der Waals surface area contributed by atoms with Gasteiger partial charge in [-0.2, -0.15) is 0 Å². The Morgan fingerprint density at radius 2 is 2.15 bits per heavy atom. The molecule has 1 saturated heterocycles. The minimum Gasteiger partial charge on any atom is -0.383 e. The van der Waals surface area contributed by atoms with Crippen molar-refractivity contribution in [1.82, 2.24) is 10.6 Å². The average Bonchev–Trinajstić information content (AvgIpc) is 2.87. The van der Waals surface area contributed by atoms with E-state index in [-0.39, 0.29) is 23.9 Å². The van der Waals surface area contributed by atoms with Gasteiger partial charge in [-0.3, -0.25) is 4.79 Å². The van der Waals surface area contributed by atoms with Crippen molar-refractivity contribution in [2.24, 2.45) is 0 Å². The highest BCUT2D eigenvalue weighted by molar-refractivity contribution is 5.85. The van der Waals surface area contributed by atoms with Gasteiger partial charge in [-0.1, -0.05) is 30.3 Å². The number of methoxy groups -OCH3 is 1. The second-order valence-corrected chi connectivity index (χ2v) is 5.18. The molecule has 1 heterocycles. The van der Waals surface area contributed by atoms with E-state index >= 15 is 0 Å². The Bertz CT molecular complexity index is 406. The summed E-state index contributed by atoms with van der Waals surface area (Å²) in [7, 11) is 1.70. The van der Waals surface area contributed by atoms with Crippen molar-refractivity contribution in [3.63, 3.8) is 0 Å². The molecule has 5 heteroatoms. The first kappa shape index (κ1) is 17.0. The molecule has 1 aliphatic rings. The maximum atomic E-state index is 11.9. The molecule has 112 valence electrons. The van der Waals surface area contributed by atoms with Gasteiger partial charge in [0.25, 0.3) is 0 Å². The molecule has 0 saturated carbocycles. The smallest absolute Gasteiger partial charge is 0.224 e. The van der Waals surface area contributed by atoms with Gasteiger partial charge in [0, 0.05) is 13.7 Å². The van der Waals surface area contributed by atoms with Crippen LogP contribution in [0.5, 0.6) is 0 Å². The molecule has 4 nitrogen and oxygen atoms in total. The fourth-order valence-corrected chi connectivity index (χ4v) is 2.58. The lowest BCUT2D eigenvalue weighted by Gasteiger charge is -2.29. The largest absolute Gasteiger partial charge is 0.383 e. The molecule has 0 radical (unpaired) electrons. The van der Waals surface area contributed by atoms with E-state index in [9.17, 15) is 4.79 Å². The van der Waals surface area contributed by atoms with Gasteiger partial charge in [-0.15, -0.1) is 12.4 Å². The predicted octanol–water partition coefficient (Wildman–Crippen LogP) is 1.54. The van der Waals surface area contributed by atoms with E-state index in [1.54, 1.807) is 7.11 Å². The number of rotatable bonds is 6. The molecule has 1 unspecified atom stereocenters. The number of nitrogens with one attached hydrogen (secondary N) is 2. The molecule has 2 rings (SSSR count). The van der Waals surface area contributed by atoms with E-state index in [1.165, 1.54) is 0 Å². The van der Waals surface area contributed by atoms with E-state index in [4.69, 9.17) is 4.74 Å². The van der Waals surface area contributed by atoms with Gasteiger partial charge in [0.05, 0.1) is 18.6 Å². The van der Waals surface area contributed by atoms with Gasteiger partial charge in [-0.25, -0.2) is 0 Å². The van der Waals surface area contributed by atoms with Gasteiger partial charge in [-0.05, 0) is 24.9 Å². The van der Waals surface area contributed by atoms with Crippen molar-refractivity contribution in [2.75, 3.05) is 26.8 Å². The zero-order valence-corrected chi connectivity index (χ0v) is 12.7. The fraction of sp³-hybridized carbons (Fsp3) is 0.533. The number of carbonyl (C=O) groups excluding carboxylic acids is 1. The third-order valence-electron chi connectivity index (χ3n) is 3.58. The lowest BCUT2D eigenvalue weighted by molar-refractivity contribution is -0.120. The van der Waals surface area contributed by atoms with Crippen LogP contribution in [0.2, 0.25) is 0 Å². The zero-order valence-electron chi connectivity index (χ0n) is 11.9.